The Balaban J connectivity index is 1.88. The summed E-state index contributed by atoms with van der Waals surface area (Å²) in [5.74, 6) is -1.22. The highest BCUT2D eigenvalue weighted by atomic mass is 31.3. The highest BCUT2D eigenvalue weighted by Gasteiger charge is 2.55. The molecule has 22 heteroatoms. The lowest BCUT2D eigenvalue weighted by Gasteiger charge is -2.31. The summed E-state index contributed by atoms with van der Waals surface area (Å²) in [6.45, 7) is 2.02. The minimum Gasteiger partial charge on any atom is -0.389 e. The number of nitrogens with zero attached hydrogens (tertiary/aromatic N) is 3. The van der Waals surface area contributed by atoms with Gasteiger partial charge in [-0.15, -0.1) is 6.58 Å². The van der Waals surface area contributed by atoms with Crippen LogP contribution in [0.4, 0.5) is 5.95 Å². The molecule has 0 spiro atoms. The van der Waals surface area contributed by atoms with E-state index in [4.69, 9.17) is 26.0 Å². The van der Waals surface area contributed by atoms with Crippen LogP contribution in [-0.4, -0.2) is 69.1 Å². The van der Waals surface area contributed by atoms with Gasteiger partial charge in [0.15, 0.2) is 11.2 Å². The summed E-state index contributed by atoms with van der Waals surface area (Å²) in [5.41, 5.74) is 8.55. The van der Waals surface area contributed by atoms with Crippen molar-refractivity contribution in [2.75, 3.05) is 18.9 Å². The van der Waals surface area contributed by atoms with Crippen molar-refractivity contribution in [2.24, 2.45) is 11.7 Å². The number of H-pyrrole nitrogens is 1. The summed E-state index contributed by atoms with van der Waals surface area (Å²) >= 11 is 0. The smallest absolute Gasteiger partial charge is 0.389 e. The number of aromatic nitrogens is 4. The minimum atomic E-state index is -5.77. The molecule has 2 aromatic heterocycles. The van der Waals surface area contributed by atoms with Gasteiger partial charge in [-0.1, -0.05) is 6.08 Å². The molecule has 1 saturated heterocycles. The Morgan fingerprint density at radius 3 is 2.49 bits per heavy atom. The Morgan fingerprint density at radius 1 is 1.26 bits per heavy atom. The number of hydrogen-bond donors (Lipinski definition) is 8. The third-order valence-electron chi connectivity index (χ3n) is 4.82. The number of anilines is 1. The number of nitrogens with two attached hydrogens (primary N) is 2. The quantitative estimate of drug-likeness (QED) is 0.120. The molecule has 35 heavy (non-hydrogen) atoms. The number of imidazole rings is 1. The van der Waals surface area contributed by atoms with E-state index in [1.807, 2.05) is 0 Å². The summed E-state index contributed by atoms with van der Waals surface area (Å²) < 4.78 is 53.4. The first-order valence-electron chi connectivity index (χ1n) is 9.22. The van der Waals surface area contributed by atoms with Crippen LogP contribution in [0.1, 0.15) is 6.23 Å². The summed E-state index contributed by atoms with van der Waals surface area (Å²) in [6.07, 6.45) is -0.330. The Morgan fingerprint density at radius 2 is 1.91 bits per heavy atom. The number of aliphatic hydroxyl groups excluding tert-OH is 1. The lowest BCUT2D eigenvalue weighted by Crippen LogP contribution is -2.51. The van der Waals surface area contributed by atoms with Gasteiger partial charge in [0.2, 0.25) is 5.95 Å². The SMILES string of the molecule is C=CC1C(n2cnc3c(=O)[nH]c(N)nc32)OC(CN)(COP(=O)(O)OP(=O)(O)OP(=O)(O)O)C1O. The van der Waals surface area contributed by atoms with Gasteiger partial charge >= 0.3 is 23.5 Å². The summed E-state index contributed by atoms with van der Waals surface area (Å²) in [5, 5.41) is 10.9. The average molecular weight is 562 g/mol. The van der Waals surface area contributed by atoms with E-state index in [9.17, 15) is 33.4 Å². The van der Waals surface area contributed by atoms with E-state index in [1.54, 1.807) is 0 Å². The summed E-state index contributed by atoms with van der Waals surface area (Å²) in [6, 6.07) is 0. The first-order valence-corrected chi connectivity index (χ1v) is 13.7. The van der Waals surface area contributed by atoms with Crippen LogP contribution in [0.5, 0.6) is 0 Å². The zero-order valence-corrected chi connectivity index (χ0v) is 20.0. The molecule has 0 amide bonds. The molecule has 6 unspecified atom stereocenters. The number of nitrogens with one attached hydrogen (secondary N) is 1. The van der Waals surface area contributed by atoms with Crippen LogP contribution in [0.25, 0.3) is 11.2 Å². The molecule has 3 heterocycles. The van der Waals surface area contributed by atoms with Gasteiger partial charge in [-0.2, -0.15) is 13.6 Å². The van der Waals surface area contributed by atoms with E-state index in [-0.39, 0.29) is 17.1 Å². The monoisotopic (exact) mass is 562 g/mol. The normalized spacial score (nSPS) is 28.6. The molecular weight excluding hydrogens is 541 g/mol. The predicted molar refractivity (Wildman–Crippen MR) is 114 cm³/mol. The van der Waals surface area contributed by atoms with Crippen LogP contribution < -0.4 is 17.0 Å². The van der Waals surface area contributed by atoms with Gasteiger partial charge in [0.25, 0.3) is 5.56 Å². The van der Waals surface area contributed by atoms with Crippen molar-refractivity contribution in [3.8, 4) is 0 Å². The lowest BCUT2D eigenvalue weighted by atomic mass is 9.90. The van der Waals surface area contributed by atoms with Crippen molar-refractivity contribution in [3.05, 3.63) is 29.3 Å². The van der Waals surface area contributed by atoms with Crippen LogP contribution in [-0.2, 0) is 31.6 Å². The van der Waals surface area contributed by atoms with E-state index >= 15 is 0 Å². The first-order chi connectivity index (χ1) is 16.0. The predicted octanol–water partition coefficient (Wildman–Crippen LogP) is -1.57. The van der Waals surface area contributed by atoms with Crippen LogP contribution in [0, 0.1) is 5.92 Å². The number of aromatic amines is 1. The van der Waals surface area contributed by atoms with Gasteiger partial charge < -0.3 is 40.9 Å². The Kier molecular flexibility index (Phi) is 7.59. The second-order valence-corrected chi connectivity index (χ2v) is 11.6. The highest BCUT2D eigenvalue weighted by Crippen LogP contribution is 2.66. The number of rotatable bonds is 10. The maximum Gasteiger partial charge on any atom is 0.490 e. The Hall–Kier alpha value is -1.82. The standard InChI is InChI=1S/C13H21N6O13P3/c1-2-6-8(20)13(3-14,4-29-34(25,26)32-35(27,28)31-33(22,23)24)30-11(6)19-5-16-7-9(19)17-12(15)18-10(7)21/h2,5-6,8,11,20H,1,3-4,14H2,(H,25,26)(H,27,28)(H2,22,23,24)(H3,15,17,18,21). The average Bonchev–Trinajstić information content (AvgIpc) is 3.22. The maximum atomic E-state index is 12.1. The molecule has 0 aromatic carbocycles. The molecule has 3 rings (SSSR count). The second-order valence-electron chi connectivity index (χ2n) is 7.17. The van der Waals surface area contributed by atoms with Gasteiger partial charge in [-0.3, -0.25) is 18.9 Å². The van der Waals surface area contributed by atoms with E-state index in [0.29, 0.717) is 0 Å². The van der Waals surface area contributed by atoms with E-state index in [2.05, 4.69) is 34.7 Å². The van der Waals surface area contributed by atoms with Crippen LogP contribution in [0.2, 0.25) is 0 Å². The van der Waals surface area contributed by atoms with Gasteiger partial charge in [-0.25, -0.2) is 18.7 Å². The molecule has 0 saturated carbocycles. The van der Waals surface area contributed by atoms with Gasteiger partial charge in [-0.05, 0) is 0 Å². The molecule has 196 valence electrons. The summed E-state index contributed by atoms with van der Waals surface area (Å²) in [7, 11) is -16.9. The lowest BCUT2D eigenvalue weighted by molar-refractivity contribution is -0.118. The number of aliphatic hydroxyl groups is 1. The van der Waals surface area contributed by atoms with Crippen LogP contribution in [0.15, 0.2) is 23.8 Å². The minimum absolute atomic E-state index is 0.0315. The van der Waals surface area contributed by atoms with Crippen LogP contribution in [0.3, 0.4) is 0 Å². The second kappa shape index (κ2) is 9.57. The molecule has 1 aliphatic heterocycles. The van der Waals surface area contributed by atoms with Crippen molar-refractivity contribution in [1.29, 1.82) is 0 Å². The molecule has 6 atom stereocenters. The van der Waals surface area contributed by atoms with Gasteiger partial charge in [0.1, 0.15) is 11.8 Å². The molecule has 19 nitrogen and oxygen atoms in total. The number of fused-ring (bicyclic) bond motifs is 1. The topological polar surface area (TPSA) is 305 Å². The van der Waals surface area contributed by atoms with Gasteiger partial charge in [0.05, 0.1) is 25.0 Å². The number of hydrogen-bond acceptors (Lipinski definition) is 13. The molecule has 0 bridgehead atoms. The number of phosphoric ester groups is 1. The van der Waals surface area contributed by atoms with E-state index in [0.717, 1.165) is 6.33 Å². The molecule has 0 aliphatic carbocycles. The molecule has 0 radical (unpaired) electrons. The molecule has 10 N–H and O–H groups in total. The Bertz CT molecular complexity index is 1320. The third-order valence-corrected chi connectivity index (χ3v) is 8.60. The van der Waals surface area contributed by atoms with Crippen molar-refractivity contribution >= 4 is 40.6 Å². The fourth-order valence-corrected chi connectivity index (χ4v) is 6.43. The fraction of sp³-hybridized carbons (Fsp3) is 0.462. The van der Waals surface area contributed by atoms with Crippen molar-refractivity contribution in [3.63, 3.8) is 0 Å². The molecule has 2 aromatic rings. The molecular formula is C13H21N6O13P3. The van der Waals surface area contributed by atoms with Crippen molar-refractivity contribution < 1.29 is 56.3 Å². The number of phosphoric acid groups is 3. The highest BCUT2D eigenvalue weighted by molar-refractivity contribution is 7.66. The zero-order chi connectivity index (χ0) is 26.4. The molecule has 1 aliphatic rings. The van der Waals surface area contributed by atoms with E-state index in [1.165, 1.54) is 10.6 Å². The molecule has 1 fully saturated rings. The van der Waals surface area contributed by atoms with Crippen molar-refractivity contribution in [1.82, 2.24) is 19.5 Å². The van der Waals surface area contributed by atoms with E-state index < -0.39 is 66.0 Å². The number of nitrogen functional groups attached to an aromatic ring is 1. The summed E-state index contributed by atoms with van der Waals surface area (Å²) in [4.78, 5) is 58.5. The third kappa shape index (κ3) is 5.95. The fourth-order valence-electron chi connectivity index (χ4n) is 3.35. The zero-order valence-electron chi connectivity index (χ0n) is 17.3. The first kappa shape index (κ1) is 27.8. The van der Waals surface area contributed by atoms with Gasteiger partial charge in [0, 0.05) is 6.54 Å². The maximum absolute atomic E-state index is 12.1. The number of ether oxygens (including phenoxy) is 1. The Labute approximate surface area is 194 Å². The van der Waals surface area contributed by atoms with Crippen molar-refractivity contribution in [2.45, 2.75) is 17.9 Å². The van der Waals surface area contributed by atoms with Crippen LogP contribution >= 0.6 is 23.5 Å². The largest absolute Gasteiger partial charge is 0.490 e.